The highest BCUT2D eigenvalue weighted by atomic mass is 35.5. The quantitative estimate of drug-likeness (QED) is 0.289. The molecule has 2 heterocycles. The lowest BCUT2D eigenvalue weighted by Crippen LogP contribution is -2.58. The molecule has 0 bridgehead atoms. The van der Waals surface area contributed by atoms with Crippen molar-refractivity contribution in [1.29, 1.82) is 0 Å². The first kappa shape index (κ1) is 28.7. The molecule has 2 fully saturated rings. The van der Waals surface area contributed by atoms with Gasteiger partial charge in [-0.15, -0.1) is 0 Å². The zero-order chi connectivity index (χ0) is 26.7. The largest absolute Gasteiger partial charge is 0.330 e. The number of carbonyl (C=O) groups excluding carboxylic acids is 1. The van der Waals surface area contributed by atoms with Gasteiger partial charge < -0.3 is 4.90 Å². The molecule has 2 aliphatic heterocycles. The van der Waals surface area contributed by atoms with Crippen LogP contribution in [0.2, 0.25) is 10.0 Å². The van der Waals surface area contributed by atoms with Crippen molar-refractivity contribution < 1.29 is 19.6 Å². The molecular formula is C29H37Cl2NO4S. The van der Waals surface area contributed by atoms with E-state index in [0.717, 1.165) is 16.9 Å². The van der Waals surface area contributed by atoms with Crippen LogP contribution in [-0.2, 0) is 19.6 Å². The number of piperidine rings is 1. The van der Waals surface area contributed by atoms with Gasteiger partial charge >= 0.3 is 0 Å². The predicted octanol–water partition coefficient (Wildman–Crippen LogP) is 7.88. The molecule has 2 saturated heterocycles. The van der Waals surface area contributed by atoms with Gasteiger partial charge in [0.15, 0.2) is 0 Å². The summed E-state index contributed by atoms with van der Waals surface area (Å²) < 4.78 is 0. The monoisotopic (exact) mass is 565 g/mol. The predicted molar refractivity (Wildman–Crippen MR) is 151 cm³/mol. The van der Waals surface area contributed by atoms with Crippen LogP contribution in [0.25, 0.3) is 0 Å². The second-order valence-electron chi connectivity index (χ2n) is 11.1. The number of hydrogen-bond acceptors (Lipinski definition) is 5. The molecule has 5 nitrogen and oxygen atoms in total. The Balaban J connectivity index is 1.86. The number of amides is 1. The van der Waals surface area contributed by atoms with Crippen molar-refractivity contribution in [3.63, 3.8) is 0 Å². The van der Waals surface area contributed by atoms with Crippen LogP contribution in [0.5, 0.6) is 0 Å². The molecule has 8 heteroatoms. The van der Waals surface area contributed by atoms with E-state index in [1.807, 2.05) is 42.1 Å². The number of likely N-dealkylation sites (tertiary alicyclic amines) is 1. The van der Waals surface area contributed by atoms with E-state index in [-0.39, 0.29) is 35.9 Å². The van der Waals surface area contributed by atoms with Crippen LogP contribution in [0.1, 0.15) is 70.5 Å². The number of carbonyl (C=O) groups is 1. The van der Waals surface area contributed by atoms with E-state index < -0.39 is 5.41 Å². The Hall–Kier alpha value is -1.28. The molecule has 2 aromatic carbocycles. The fourth-order valence-electron chi connectivity index (χ4n) is 5.63. The summed E-state index contributed by atoms with van der Waals surface area (Å²) in [6, 6.07) is 15.9. The maximum atomic E-state index is 14.6. The summed E-state index contributed by atoms with van der Waals surface area (Å²) in [4.78, 5) is 27.2. The van der Waals surface area contributed by atoms with Gasteiger partial charge in [-0.3, -0.25) is 4.79 Å². The molecule has 2 aromatic rings. The van der Waals surface area contributed by atoms with Gasteiger partial charge in [-0.05, 0) is 59.4 Å². The van der Waals surface area contributed by atoms with E-state index in [1.165, 1.54) is 0 Å². The smallest absolute Gasteiger partial charge is 0.229 e. The molecule has 0 aromatic heterocycles. The van der Waals surface area contributed by atoms with E-state index in [1.54, 1.807) is 0 Å². The van der Waals surface area contributed by atoms with E-state index >= 15 is 0 Å². The molecule has 4 rings (SSSR count). The Labute approximate surface area is 235 Å². The third-order valence-corrected chi connectivity index (χ3v) is 9.16. The topological polar surface area (TPSA) is 48.0 Å². The van der Waals surface area contributed by atoms with Crippen LogP contribution in [0.4, 0.5) is 0 Å². The number of hydrogen-bond donors (Lipinski definition) is 0. The number of nitrogens with zero attached hydrogens (tertiary/aromatic N) is 1. The molecule has 1 amide bonds. The lowest BCUT2D eigenvalue weighted by Gasteiger charge is -2.53. The van der Waals surface area contributed by atoms with Crippen LogP contribution in [-0.4, -0.2) is 40.6 Å². The highest BCUT2D eigenvalue weighted by molar-refractivity contribution is 7.99. The lowest BCUT2D eigenvalue weighted by molar-refractivity contribution is -0.460. The Bertz CT molecular complexity index is 1060. The summed E-state index contributed by atoms with van der Waals surface area (Å²) in [7, 11) is 0. The third kappa shape index (κ3) is 6.66. The fraction of sp³-hybridized carbons (Fsp3) is 0.552. The van der Waals surface area contributed by atoms with Gasteiger partial charge in [0.1, 0.15) is 12.7 Å². The van der Waals surface area contributed by atoms with E-state index in [2.05, 4.69) is 57.7 Å². The van der Waals surface area contributed by atoms with E-state index in [0.29, 0.717) is 34.7 Å². The van der Waals surface area contributed by atoms with Gasteiger partial charge in [-0.25, -0.2) is 9.78 Å². The first-order valence-corrected chi connectivity index (χ1v) is 14.8. The van der Waals surface area contributed by atoms with Crippen molar-refractivity contribution in [2.45, 2.75) is 76.8 Å². The molecular weight excluding hydrogens is 529 g/mol. The molecule has 37 heavy (non-hydrogen) atoms. The van der Waals surface area contributed by atoms with E-state index in [4.69, 9.17) is 38.0 Å². The molecule has 3 unspecified atom stereocenters. The third-order valence-electron chi connectivity index (χ3n) is 7.47. The molecule has 0 spiro atoms. The standard InChI is InChI=1S/C29H37Cl2NO4S/c1-18(2)26(17-37-19(3)4)32-27(20-9-11-22(30)12-10-20)25(21-7-6-8-23(31)13-21)15-29(5,28(32)33)14-24-16-34-36-35-24/h6-13,18-19,24-27H,14-17H2,1-5H3/t24?,25?,26-,27?,29+/m1/s1. The van der Waals surface area contributed by atoms with Crippen LogP contribution in [0, 0.1) is 11.3 Å². The minimum atomic E-state index is -0.673. The first-order chi connectivity index (χ1) is 17.6. The van der Waals surface area contributed by atoms with Crippen molar-refractivity contribution in [3.8, 4) is 0 Å². The van der Waals surface area contributed by atoms with Crippen LogP contribution in [0.3, 0.4) is 0 Å². The zero-order valence-corrected chi connectivity index (χ0v) is 24.5. The van der Waals surface area contributed by atoms with Gasteiger partial charge in [0.25, 0.3) is 0 Å². The minimum Gasteiger partial charge on any atom is -0.330 e. The van der Waals surface area contributed by atoms with Crippen molar-refractivity contribution in [2.24, 2.45) is 11.3 Å². The Morgan fingerprint density at radius 1 is 1.05 bits per heavy atom. The van der Waals surface area contributed by atoms with E-state index in [9.17, 15) is 4.79 Å². The van der Waals surface area contributed by atoms with Gasteiger partial charge in [0, 0.05) is 33.2 Å². The maximum absolute atomic E-state index is 14.6. The van der Waals surface area contributed by atoms with Gasteiger partial charge in [-0.1, -0.05) is 87.1 Å². The summed E-state index contributed by atoms with van der Waals surface area (Å²) in [6.07, 6.45) is 0.859. The van der Waals surface area contributed by atoms with Crippen molar-refractivity contribution in [2.75, 3.05) is 12.4 Å². The SMILES string of the molecule is CC(C)SC[C@H](C(C)C)N1C(=O)[C@@](C)(CC2COOO2)CC(c2cccc(Cl)c2)C1c1ccc(Cl)cc1. The molecule has 2 aliphatic rings. The highest BCUT2D eigenvalue weighted by Gasteiger charge is 2.53. The number of rotatable bonds is 9. The Kier molecular flexibility index (Phi) is 9.53. The van der Waals surface area contributed by atoms with Crippen molar-refractivity contribution in [1.82, 2.24) is 4.90 Å². The summed E-state index contributed by atoms with van der Waals surface area (Å²) in [5, 5.41) is 6.56. The minimum absolute atomic E-state index is 0.0242. The summed E-state index contributed by atoms with van der Waals surface area (Å²) in [5.41, 5.74) is 1.52. The number of halogens is 2. The summed E-state index contributed by atoms with van der Waals surface area (Å²) >= 11 is 14.7. The maximum Gasteiger partial charge on any atom is 0.229 e. The molecule has 0 N–H and O–H groups in total. The highest BCUT2D eigenvalue weighted by Crippen LogP contribution is 2.53. The lowest BCUT2D eigenvalue weighted by atomic mass is 9.66. The number of thioether (sulfide) groups is 1. The normalized spacial score (nSPS) is 27.3. The summed E-state index contributed by atoms with van der Waals surface area (Å²) in [5.74, 6) is 1.29. The van der Waals surface area contributed by atoms with Crippen LogP contribution in [0.15, 0.2) is 48.5 Å². The van der Waals surface area contributed by atoms with Crippen molar-refractivity contribution >= 4 is 40.9 Å². The van der Waals surface area contributed by atoms with Gasteiger partial charge in [-0.2, -0.15) is 11.8 Å². The molecule has 0 radical (unpaired) electrons. The first-order valence-electron chi connectivity index (χ1n) is 13.0. The Morgan fingerprint density at radius 3 is 2.38 bits per heavy atom. The van der Waals surface area contributed by atoms with Crippen LogP contribution < -0.4 is 0 Å². The van der Waals surface area contributed by atoms with Crippen LogP contribution >= 0.6 is 35.0 Å². The average molecular weight is 567 g/mol. The average Bonchev–Trinajstić information content (AvgIpc) is 3.34. The second kappa shape index (κ2) is 12.3. The Morgan fingerprint density at radius 2 is 1.78 bits per heavy atom. The van der Waals surface area contributed by atoms with Gasteiger partial charge in [0.2, 0.25) is 5.91 Å². The number of benzene rings is 2. The molecule has 0 saturated carbocycles. The van der Waals surface area contributed by atoms with Crippen molar-refractivity contribution in [3.05, 3.63) is 69.7 Å². The molecule has 0 aliphatic carbocycles. The zero-order valence-electron chi connectivity index (χ0n) is 22.2. The van der Waals surface area contributed by atoms with Gasteiger partial charge in [0.05, 0.1) is 6.04 Å². The molecule has 5 atom stereocenters. The second-order valence-corrected chi connectivity index (χ2v) is 13.6. The summed E-state index contributed by atoms with van der Waals surface area (Å²) in [6.45, 7) is 11.2. The fourth-order valence-corrected chi connectivity index (χ4v) is 7.08. The molecule has 202 valence electrons.